The molecular weight excluding hydrogens is 536 g/mol. The van der Waals surface area contributed by atoms with Crippen molar-refractivity contribution < 1.29 is 14.4 Å². The van der Waals surface area contributed by atoms with E-state index in [0.717, 1.165) is 46.2 Å². The fourth-order valence-electron chi connectivity index (χ4n) is 4.78. The predicted molar refractivity (Wildman–Crippen MR) is 174 cm³/mol. The lowest BCUT2D eigenvalue weighted by atomic mass is 10.0. The van der Waals surface area contributed by atoms with Crippen LogP contribution < -0.4 is 5.32 Å². The minimum atomic E-state index is -0.244. The summed E-state index contributed by atoms with van der Waals surface area (Å²) in [6, 6.07) is 21.3. The second-order valence-corrected chi connectivity index (χ2v) is 10.6. The maximum absolute atomic E-state index is 13.4. The molecule has 0 aliphatic heterocycles. The van der Waals surface area contributed by atoms with Crippen molar-refractivity contribution >= 4 is 40.2 Å². The summed E-state index contributed by atoms with van der Waals surface area (Å²) in [6.07, 6.45) is 6.85. The standard InChI is InChI=1S/C36H38N4O3/c1-6-24(3)18-31(42)21-27-15-17-34-33(22-27)38-36(39-35(43)30-13-8-10-26(7-2)19-30)40(34)23-28-11-9-12-29(20-28)32(37-5)16-14-25(4)41/h8-20,22H,6-7,21,23H2,1-5H3,(H,38,39,43)/b16-14-,24-18+,37-32+. The van der Waals surface area contributed by atoms with Gasteiger partial charge in [0.2, 0.25) is 5.95 Å². The molecule has 7 nitrogen and oxygen atoms in total. The van der Waals surface area contributed by atoms with Crippen LogP contribution in [0.1, 0.15) is 66.7 Å². The Bertz CT molecular complexity index is 1760. The lowest BCUT2D eigenvalue weighted by molar-refractivity contribution is -0.114. The molecule has 3 aromatic carbocycles. The molecule has 0 unspecified atom stereocenters. The third-order valence-electron chi connectivity index (χ3n) is 7.26. The zero-order chi connectivity index (χ0) is 30.9. The molecule has 1 heterocycles. The van der Waals surface area contributed by atoms with E-state index >= 15 is 0 Å². The second-order valence-electron chi connectivity index (χ2n) is 10.6. The number of nitrogens with zero attached hydrogens (tertiary/aromatic N) is 3. The molecule has 1 amide bonds. The highest BCUT2D eigenvalue weighted by molar-refractivity contribution is 6.11. The van der Waals surface area contributed by atoms with Crippen LogP contribution in [0.3, 0.4) is 0 Å². The van der Waals surface area contributed by atoms with Crippen LogP contribution in [0, 0.1) is 0 Å². The number of aromatic nitrogens is 2. The quantitative estimate of drug-likeness (QED) is 0.147. The van der Waals surface area contributed by atoms with E-state index in [9.17, 15) is 14.4 Å². The number of fused-ring (bicyclic) bond motifs is 1. The largest absolute Gasteiger partial charge is 0.305 e. The van der Waals surface area contributed by atoms with E-state index in [-0.39, 0.29) is 23.9 Å². The molecule has 0 radical (unpaired) electrons. The number of nitrogens with one attached hydrogen (secondary N) is 1. The van der Waals surface area contributed by atoms with Crippen LogP contribution in [-0.4, -0.2) is 39.8 Å². The summed E-state index contributed by atoms with van der Waals surface area (Å²) in [7, 11) is 1.69. The van der Waals surface area contributed by atoms with E-state index in [1.807, 2.05) is 79.1 Å². The number of aryl methyl sites for hydroxylation is 1. The molecular formula is C36H38N4O3. The number of hydrogen-bond donors (Lipinski definition) is 1. The number of hydrogen-bond acceptors (Lipinski definition) is 5. The molecule has 7 heteroatoms. The van der Waals surface area contributed by atoms with Gasteiger partial charge in [-0.3, -0.25) is 24.7 Å². The number of rotatable bonds is 12. The van der Waals surface area contributed by atoms with Crippen LogP contribution in [0.5, 0.6) is 0 Å². The van der Waals surface area contributed by atoms with Crippen LogP contribution in [0.4, 0.5) is 5.95 Å². The van der Waals surface area contributed by atoms with E-state index in [0.29, 0.717) is 29.3 Å². The Labute approximate surface area is 253 Å². The van der Waals surface area contributed by atoms with Gasteiger partial charge in [-0.1, -0.05) is 55.8 Å². The summed E-state index contributed by atoms with van der Waals surface area (Å²) >= 11 is 0. The number of allylic oxidation sites excluding steroid dienone is 4. The molecule has 4 rings (SSSR count). The van der Waals surface area contributed by atoms with E-state index in [1.165, 1.54) is 13.0 Å². The van der Waals surface area contributed by atoms with E-state index < -0.39 is 0 Å². The first-order chi connectivity index (χ1) is 20.7. The summed E-state index contributed by atoms with van der Waals surface area (Å²) in [6.45, 7) is 7.97. The average molecular weight is 575 g/mol. The van der Waals surface area contributed by atoms with Crippen molar-refractivity contribution in [2.75, 3.05) is 12.4 Å². The number of aliphatic imine (C=N–C) groups is 1. The van der Waals surface area contributed by atoms with Crippen molar-refractivity contribution in [2.45, 2.75) is 53.5 Å². The SMILES string of the molecule is CC/C(C)=C/C(=O)Cc1ccc2c(c1)nc(NC(=O)c1cccc(CC)c1)n2Cc1cccc(C(/C=C\C(C)=O)=N/C)c1. The van der Waals surface area contributed by atoms with Gasteiger partial charge in [-0.15, -0.1) is 0 Å². The minimum Gasteiger partial charge on any atom is -0.305 e. The van der Waals surface area contributed by atoms with Gasteiger partial charge in [0.1, 0.15) is 0 Å². The first kappa shape index (κ1) is 31.0. The number of ketones is 2. The lowest BCUT2D eigenvalue weighted by Crippen LogP contribution is -2.16. The number of benzene rings is 3. The zero-order valence-corrected chi connectivity index (χ0v) is 25.5. The Kier molecular flexibility index (Phi) is 10.3. The summed E-state index contributed by atoms with van der Waals surface area (Å²) in [4.78, 5) is 46.6. The van der Waals surface area contributed by atoms with Gasteiger partial charge in [-0.25, -0.2) is 4.98 Å². The van der Waals surface area contributed by atoms with Gasteiger partial charge in [0, 0.05) is 19.0 Å². The molecule has 0 fully saturated rings. The Morgan fingerprint density at radius 1 is 0.884 bits per heavy atom. The number of carbonyl (C=O) groups excluding carboxylic acids is 3. The molecule has 43 heavy (non-hydrogen) atoms. The van der Waals surface area contributed by atoms with Crippen molar-refractivity contribution in [1.82, 2.24) is 9.55 Å². The number of carbonyl (C=O) groups is 3. The first-order valence-corrected chi connectivity index (χ1v) is 14.5. The van der Waals surface area contributed by atoms with Crippen molar-refractivity contribution in [3.05, 3.63) is 118 Å². The molecule has 220 valence electrons. The summed E-state index contributed by atoms with van der Waals surface area (Å²) in [5.41, 5.74) is 7.60. The molecule has 4 aromatic rings. The Hall–Kier alpha value is -4.91. The normalized spacial score (nSPS) is 12.2. The maximum atomic E-state index is 13.4. The van der Waals surface area contributed by atoms with Gasteiger partial charge in [-0.05, 0) is 97.5 Å². The third-order valence-corrected chi connectivity index (χ3v) is 7.26. The molecule has 0 aliphatic rings. The van der Waals surface area contributed by atoms with Crippen LogP contribution in [0.25, 0.3) is 11.0 Å². The molecule has 1 aromatic heterocycles. The van der Waals surface area contributed by atoms with Crippen LogP contribution in [-0.2, 0) is 29.0 Å². The van der Waals surface area contributed by atoms with Gasteiger partial charge < -0.3 is 4.57 Å². The summed E-state index contributed by atoms with van der Waals surface area (Å²) < 4.78 is 1.97. The van der Waals surface area contributed by atoms with Crippen molar-refractivity contribution in [3.63, 3.8) is 0 Å². The van der Waals surface area contributed by atoms with Crippen LogP contribution in [0.15, 0.2) is 95.5 Å². The Morgan fingerprint density at radius 2 is 1.60 bits per heavy atom. The molecule has 0 bridgehead atoms. The highest BCUT2D eigenvalue weighted by Crippen LogP contribution is 2.24. The zero-order valence-electron chi connectivity index (χ0n) is 25.5. The monoisotopic (exact) mass is 574 g/mol. The van der Waals surface area contributed by atoms with E-state index in [4.69, 9.17) is 4.98 Å². The number of anilines is 1. The van der Waals surface area contributed by atoms with E-state index in [1.54, 1.807) is 25.3 Å². The molecule has 0 aliphatic carbocycles. The van der Waals surface area contributed by atoms with Gasteiger partial charge in [0.05, 0.1) is 23.3 Å². The van der Waals surface area contributed by atoms with Crippen molar-refractivity contribution in [1.29, 1.82) is 0 Å². The minimum absolute atomic E-state index is 0.0477. The summed E-state index contributed by atoms with van der Waals surface area (Å²) in [5, 5.41) is 3.03. The fraction of sp³-hybridized carbons (Fsp3) is 0.250. The first-order valence-electron chi connectivity index (χ1n) is 14.5. The highest BCUT2D eigenvalue weighted by atomic mass is 16.2. The smallest absolute Gasteiger partial charge is 0.257 e. The van der Waals surface area contributed by atoms with Gasteiger partial charge in [0.25, 0.3) is 5.91 Å². The van der Waals surface area contributed by atoms with Crippen LogP contribution in [0.2, 0.25) is 0 Å². The lowest BCUT2D eigenvalue weighted by Gasteiger charge is -2.12. The van der Waals surface area contributed by atoms with Gasteiger partial charge in [-0.2, -0.15) is 0 Å². The fourth-order valence-corrected chi connectivity index (χ4v) is 4.78. The molecule has 1 N–H and O–H groups in total. The Balaban J connectivity index is 1.73. The second kappa shape index (κ2) is 14.3. The maximum Gasteiger partial charge on any atom is 0.257 e. The Morgan fingerprint density at radius 3 is 2.30 bits per heavy atom. The molecule has 0 atom stereocenters. The predicted octanol–water partition coefficient (Wildman–Crippen LogP) is 6.93. The van der Waals surface area contributed by atoms with Gasteiger partial charge >= 0.3 is 0 Å². The molecule has 0 saturated heterocycles. The molecule has 0 saturated carbocycles. The van der Waals surface area contributed by atoms with Crippen molar-refractivity contribution in [3.8, 4) is 0 Å². The average Bonchev–Trinajstić information content (AvgIpc) is 3.32. The summed E-state index contributed by atoms with van der Waals surface area (Å²) in [5.74, 6) is 0.167. The molecule has 0 spiro atoms. The van der Waals surface area contributed by atoms with Crippen LogP contribution >= 0.6 is 0 Å². The highest BCUT2D eigenvalue weighted by Gasteiger charge is 2.17. The van der Waals surface area contributed by atoms with E-state index in [2.05, 4.69) is 17.2 Å². The topological polar surface area (TPSA) is 93.4 Å². The number of imidazole rings is 1. The van der Waals surface area contributed by atoms with Crippen molar-refractivity contribution in [2.24, 2.45) is 4.99 Å². The number of amides is 1. The third kappa shape index (κ3) is 8.10. The van der Waals surface area contributed by atoms with Gasteiger partial charge in [0.15, 0.2) is 11.6 Å².